The molecule has 0 unspecified atom stereocenters. The molecule has 0 bridgehead atoms. The van der Waals surface area contributed by atoms with Crippen LogP contribution in [0.15, 0.2) is 53.6 Å². The average Bonchev–Trinajstić information content (AvgIpc) is 2.62. The molecule has 0 aliphatic carbocycles. The summed E-state index contributed by atoms with van der Waals surface area (Å²) in [7, 11) is 0. The second-order valence-electron chi connectivity index (χ2n) is 5.63. The summed E-state index contributed by atoms with van der Waals surface area (Å²) >= 11 is 0. The number of rotatable bonds is 7. The van der Waals surface area contributed by atoms with Gasteiger partial charge in [0.15, 0.2) is 0 Å². The Hall–Kier alpha value is -3.48. The standard InChI is InChI=1S/C19H19N3O4/c1-13-2-4-14(5-3-13)12-20-22-19(26)15-6-8-16(9-7-15)21-17(23)10-11-18(24)25/h2-9,12H,10-11H2,1H3,(H,21,23)(H,22,26)(H,24,25)/b20-12+. The van der Waals surface area contributed by atoms with E-state index in [9.17, 15) is 14.4 Å². The van der Waals surface area contributed by atoms with Gasteiger partial charge in [-0.15, -0.1) is 0 Å². The van der Waals surface area contributed by atoms with Crippen molar-refractivity contribution in [3.05, 3.63) is 65.2 Å². The monoisotopic (exact) mass is 353 g/mol. The van der Waals surface area contributed by atoms with Gasteiger partial charge >= 0.3 is 5.97 Å². The molecule has 2 aromatic rings. The van der Waals surface area contributed by atoms with E-state index >= 15 is 0 Å². The van der Waals surface area contributed by atoms with Crippen LogP contribution in [0.1, 0.15) is 34.3 Å². The highest BCUT2D eigenvalue weighted by molar-refractivity contribution is 5.96. The van der Waals surface area contributed by atoms with Crippen LogP contribution in [0, 0.1) is 6.92 Å². The van der Waals surface area contributed by atoms with Crippen molar-refractivity contribution >= 4 is 29.7 Å². The van der Waals surface area contributed by atoms with Crippen molar-refractivity contribution < 1.29 is 19.5 Å². The third-order valence-corrected chi connectivity index (χ3v) is 3.45. The fourth-order valence-corrected chi connectivity index (χ4v) is 2.03. The van der Waals surface area contributed by atoms with Crippen LogP contribution in [0.5, 0.6) is 0 Å². The number of carbonyl (C=O) groups excluding carboxylic acids is 2. The number of hydrogen-bond donors (Lipinski definition) is 3. The number of nitrogens with zero attached hydrogens (tertiary/aromatic N) is 1. The lowest BCUT2D eigenvalue weighted by Crippen LogP contribution is -2.18. The van der Waals surface area contributed by atoms with Crippen LogP contribution in [0.25, 0.3) is 0 Å². The van der Waals surface area contributed by atoms with Crippen molar-refractivity contribution in [1.29, 1.82) is 0 Å². The molecule has 0 atom stereocenters. The van der Waals surface area contributed by atoms with Crippen molar-refractivity contribution in [2.45, 2.75) is 19.8 Å². The first-order valence-corrected chi connectivity index (χ1v) is 7.96. The van der Waals surface area contributed by atoms with Crippen molar-refractivity contribution in [1.82, 2.24) is 5.43 Å². The Balaban J connectivity index is 1.86. The largest absolute Gasteiger partial charge is 0.481 e. The SMILES string of the molecule is Cc1ccc(/C=N/NC(=O)c2ccc(NC(=O)CCC(=O)O)cc2)cc1. The van der Waals surface area contributed by atoms with Gasteiger partial charge in [-0.3, -0.25) is 14.4 Å². The van der Waals surface area contributed by atoms with Crippen LogP contribution in [-0.2, 0) is 9.59 Å². The Morgan fingerprint density at radius 2 is 1.65 bits per heavy atom. The van der Waals surface area contributed by atoms with Gasteiger partial charge in [0.25, 0.3) is 5.91 Å². The number of hydrazone groups is 1. The molecule has 0 fully saturated rings. The summed E-state index contributed by atoms with van der Waals surface area (Å²) in [6, 6.07) is 13.9. The molecule has 0 saturated heterocycles. The Kier molecular flexibility index (Phi) is 6.61. The van der Waals surface area contributed by atoms with Gasteiger partial charge in [-0.1, -0.05) is 29.8 Å². The van der Waals surface area contributed by atoms with E-state index in [1.54, 1.807) is 30.5 Å². The lowest BCUT2D eigenvalue weighted by molar-refractivity contribution is -0.138. The maximum absolute atomic E-state index is 12.0. The molecule has 0 aliphatic heterocycles. The van der Waals surface area contributed by atoms with Crippen molar-refractivity contribution in [3.63, 3.8) is 0 Å². The molecule has 134 valence electrons. The summed E-state index contributed by atoms with van der Waals surface area (Å²) in [4.78, 5) is 34.0. The van der Waals surface area contributed by atoms with E-state index in [0.29, 0.717) is 11.3 Å². The third-order valence-electron chi connectivity index (χ3n) is 3.45. The lowest BCUT2D eigenvalue weighted by atomic mass is 10.2. The second kappa shape index (κ2) is 9.12. The average molecular weight is 353 g/mol. The summed E-state index contributed by atoms with van der Waals surface area (Å²) in [6.45, 7) is 1.99. The number of amides is 2. The number of carboxylic acids is 1. The topological polar surface area (TPSA) is 108 Å². The lowest BCUT2D eigenvalue weighted by Gasteiger charge is -2.05. The molecule has 0 aromatic heterocycles. The maximum Gasteiger partial charge on any atom is 0.303 e. The van der Waals surface area contributed by atoms with Crippen LogP contribution in [0.2, 0.25) is 0 Å². The van der Waals surface area contributed by atoms with E-state index in [1.807, 2.05) is 31.2 Å². The Labute approximate surface area is 150 Å². The van der Waals surface area contributed by atoms with E-state index in [4.69, 9.17) is 5.11 Å². The Bertz CT molecular complexity index is 812. The molecule has 0 radical (unpaired) electrons. The first-order chi connectivity index (χ1) is 12.4. The summed E-state index contributed by atoms with van der Waals surface area (Å²) in [5, 5.41) is 15.0. The summed E-state index contributed by atoms with van der Waals surface area (Å²) in [5.41, 5.74) is 5.31. The van der Waals surface area contributed by atoms with Crippen molar-refractivity contribution in [2.24, 2.45) is 5.10 Å². The minimum atomic E-state index is -1.03. The predicted molar refractivity (Wildman–Crippen MR) is 98.2 cm³/mol. The molecular formula is C19H19N3O4. The molecule has 0 spiro atoms. The minimum absolute atomic E-state index is 0.106. The van der Waals surface area contributed by atoms with E-state index in [-0.39, 0.29) is 18.7 Å². The molecule has 7 nitrogen and oxygen atoms in total. The Morgan fingerprint density at radius 3 is 2.27 bits per heavy atom. The number of aryl methyl sites for hydroxylation is 1. The van der Waals surface area contributed by atoms with Gasteiger partial charge in [-0.25, -0.2) is 5.43 Å². The number of anilines is 1. The highest BCUT2D eigenvalue weighted by atomic mass is 16.4. The van der Waals surface area contributed by atoms with Gasteiger partial charge in [0.1, 0.15) is 0 Å². The first-order valence-electron chi connectivity index (χ1n) is 7.96. The van der Waals surface area contributed by atoms with Crippen LogP contribution in [0.3, 0.4) is 0 Å². The number of carbonyl (C=O) groups is 3. The van der Waals surface area contributed by atoms with Crippen molar-refractivity contribution in [2.75, 3.05) is 5.32 Å². The fourth-order valence-electron chi connectivity index (χ4n) is 2.03. The molecule has 0 heterocycles. The minimum Gasteiger partial charge on any atom is -0.481 e. The zero-order valence-electron chi connectivity index (χ0n) is 14.2. The van der Waals surface area contributed by atoms with E-state index in [0.717, 1.165) is 11.1 Å². The molecule has 2 aromatic carbocycles. The fraction of sp³-hybridized carbons (Fsp3) is 0.158. The van der Waals surface area contributed by atoms with Gasteiger partial charge in [0.2, 0.25) is 5.91 Å². The summed E-state index contributed by atoms with van der Waals surface area (Å²) in [6.07, 6.45) is 1.21. The zero-order chi connectivity index (χ0) is 18.9. The van der Waals surface area contributed by atoms with Gasteiger partial charge in [-0.05, 0) is 36.8 Å². The van der Waals surface area contributed by atoms with E-state index in [2.05, 4.69) is 15.8 Å². The highest BCUT2D eigenvalue weighted by Crippen LogP contribution is 2.10. The van der Waals surface area contributed by atoms with Crippen LogP contribution >= 0.6 is 0 Å². The number of carboxylic acid groups (broad SMARTS) is 1. The Morgan fingerprint density at radius 1 is 1.00 bits per heavy atom. The molecule has 7 heteroatoms. The van der Waals surface area contributed by atoms with Gasteiger partial charge in [0, 0.05) is 17.7 Å². The summed E-state index contributed by atoms with van der Waals surface area (Å²) in [5.74, 6) is -1.80. The van der Waals surface area contributed by atoms with Gasteiger partial charge in [0.05, 0.1) is 12.6 Å². The molecule has 2 amide bonds. The van der Waals surface area contributed by atoms with Gasteiger partial charge < -0.3 is 10.4 Å². The quantitative estimate of drug-likeness (QED) is 0.525. The highest BCUT2D eigenvalue weighted by Gasteiger charge is 2.07. The number of hydrogen-bond acceptors (Lipinski definition) is 4. The first kappa shape index (κ1) is 18.9. The predicted octanol–water partition coefficient (Wildman–Crippen LogP) is 2.56. The molecule has 0 aliphatic rings. The summed E-state index contributed by atoms with van der Waals surface area (Å²) < 4.78 is 0. The van der Waals surface area contributed by atoms with Gasteiger partial charge in [-0.2, -0.15) is 5.10 Å². The number of aliphatic carboxylic acids is 1. The molecule has 26 heavy (non-hydrogen) atoms. The molecule has 0 saturated carbocycles. The van der Waals surface area contributed by atoms with Crippen LogP contribution in [0.4, 0.5) is 5.69 Å². The number of nitrogens with one attached hydrogen (secondary N) is 2. The molecule has 2 rings (SSSR count). The third kappa shape index (κ3) is 6.20. The second-order valence-corrected chi connectivity index (χ2v) is 5.63. The number of benzene rings is 2. The normalized spacial score (nSPS) is 10.5. The van der Waals surface area contributed by atoms with E-state index in [1.165, 1.54) is 0 Å². The van der Waals surface area contributed by atoms with Crippen molar-refractivity contribution in [3.8, 4) is 0 Å². The molecule has 3 N–H and O–H groups in total. The smallest absolute Gasteiger partial charge is 0.303 e. The molecular weight excluding hydrogens is 334 g/mol. The zero-order valence-corrected chi connectivity index (χ0v) is 14.2. The maximum atomic E-state index is 12.0. The van der Waals surface area contributed by atoms with Crippen LogP contribution < -0.4 is 10.7 Å². The van der Waals surface area contributed by atoms with E-state index < -0.39 is 11.9 Å². The van der Waals surface area contributed by atoms with Crippen LogP contribution in [-0.4, -0.2) is 29.1 Å².